The standard InChI is InChI=1S/C28H36F3N3O4S/c1-28(2,3)39(37)33-25(16-21-15-23(30)24(31)17-22(21)29)20-10-13-34(14-11-20)26(35)9-12-32-27(36)38-18-19-7-5-4-6-8-19/h4-8,15,17,20,25,33H,9-14,16,18H2,1-3H3,(H,32,36)/t25-,39+/m1/s1. The van der Waals surface area contributed by atoms with E-state index in [-0.39, 0.29) is 43.4 Å². The van der Waals surface area contributed by atoms with Gasteiger partial charge in [-0.1, -0.05) is 30.3 Å². The molecular weight excluding hydrogens is 531 g/mol. The van der Waals surface area contributed by atoms with Gasteiger partial charge in [-0.15, -0.1) is 0 Å². The van der Waals surface area contributed by atoms with Crippen molar-refractivity contribution in [3.05, 3.63) is 71.0 Å². The van der Waals surface area contributed by atoms with Gasteiger partial charge in [-0.25, -0.2) is 26.9 Å². The van der Waals surface area contributed by atoms with Crippen LogP contribution in [0, 0.1) is 23.4 Å². The molecule has 0 radical (unpaired) electrons. The lowest BCUT2D eigenvalue weighted by Gasteiger charge is -2.37. The van der Waals surface area contributed by atoms with Crippen LogP contribution in [0.1, 0.15) is 51.2 Å². The molecule has 0 aliphatic carbocycles. The smallest absolute Gasteiger partial charge is 0.407 e. The van der Waals surface area contributed by atoms with Crippen LogP contribution in [0.15, 0.2) is 42.5 Å². The molecule has 0 aromatic heterocycles. The molecule has 2 atom stereocenters. The second-order valence-electron chi connectivity index (χ2n) is 10.6. The minimum absolute atomic E-state index is 0.000963. The quantitative estimate of drug-likeness (QED) is 0.410. The number of piperidine rings is 1. The maximum atomic E-state index is 14.4. The van der Waals surface area contributed by atoms with E-state index in [0.717, 1.165) is 11.6 Å². The van der Waals surface area contributed by atoms with Gasteiger partial charge in [-0.2, -0.15) is 0 Å². The fourth-order valence-electron chi connectivity index (χ4n) is 4.33. The Labute approximate surface area is 230 Å². The zero-order valence-electron chi connectivity index (χ0n) is 22.5. The van der Waals surface area contributed by atoms with Crippen molar-refractivity contribution in [3.63, 3.8) is 0 Å². The van der Waals surface area contributed by atoms with Gasteiger partial charge >= 0.3 is 6.09 Å². The number of nitrogens with one attached hydrogen (secondary N) is 2. The summed E-state index contributed by atoms with van der Waals surface area (Å²) < 4.78 is 62.1. The van der Waals surface area contributed by atoms with Crippen molar-refractivity contribution in [2.75, 3.05) is 19.6 Å². The molecule has 2 aromatic rings. The summed E-state index contributed by atoms with van der Waals surface area (Å²) >= 11 is 0. The number of likely N-dealkylation sites (tertiary alicyclic amines) is 1. The Bertz CT molecular complexity index is 1150. The first-order valence-electron chi connectivity index (χ1n) is 13.0. The highest BCUT2D eigenvalue weighted by Gasteiger charge is 2.32. The lowest BCUT2D eigenvalue weighted by atomic mass is 9.86. The molecule has 2 aromatic carbocycles. The van der Waals surface area contributed by atoms with Gasteiger partial charge in [0, 0.05) is 38.2 Å². The molecule has 0 saturated carbocycles. The van der Waals surface area contributed by atoms with Crippen LogP contribution < -0.4 is 10.0 Å². The van der Waals surface area contributed by atoms with Crippen molar-refractivity contribution in [1.82, 2.24) is 14.9 Å². The number of amides is 2. The van der Waals surface area contributed by atoms with Crippen LogP contribution in [0.4, 0.5) is 18.0 Å². The minimum atomic E-state index is -1.47. The van der Waals surface area contributed by atoms with Gasteiger partial charge in [0.05, 0.1) is 15.7 Å². The predicted molar refractivity (Wildman–Crippen MR) is 143 cm³/mol. The number of carbonyl (C=O) groups is 2. The van der Waals surface area contributed by atoms with Gasteiger partial charge < -0.3 is 15.0 Å². The number of alkyl carbamates (subject to hydrolysis) is 1. The average molecular weight is 568 g/mol. The van der Waals surface area contributed by atoms with Gasteiger partial charge in [0.2, 0.25) is 5.91 Å². The Morgan fingerprint density at radius 2 is 1.69 bits per heavy atom. The SMILES string of the molecule is CC(C)(C)[S@](=O)N[C@H](Cc1cc(F)c(F)cc1F)C1CCN(C(=O)CCNC(=O)OCc2ccccc2)CC1. The summed E-state index contributed by atoms with van der Waals surface area (Å²) in [5.41, 5.74) is 0.860. The Morgan fingerprint density at radius 3 is 2.33 bits per heavy atom. The van der Waals surface area contributed by atoms with Crippen LogP contribution >= 0.6 is 0 Å². The summed E-state index contributed by atoms with van der Waals surface area (Å²) in [5, 5.41) is 2.58. The first-order valence-corrected chi connectivity index (χ1v) is 14.1. The Kier molecular flexibility index (Phi) is 10.9. The first-order chi connectivity index (χ1) is 18.4. The first kappa shape index (κ1) is 30.6. The van der Waals surface area contributed by atoms with Crippen LogP contribution in [0.5, 0.6) is 0 Å². The Morgan fingerprint density at radius 1 is 1.05 bits per heavy atom. The number of carbonyl (C=O) groups excluding carboxylic acids is 2. The van der Waals surface area contributed by atoms with Crippen LogP contribution in [-0.4, -0.2) is 51.5 Å². The maximum absolute atomic E-state index is 14.4. The molecule has 0 unspecified atom stereocenters. The van der Waals surface area contributed by atoms with Crippen molar-refractivity contribution < 1.29 is 31.7 Å². The van der Waals surface area contributed by atoms with E-state index in [1.807, 2.05) is 30.3 Å². The lowest BCUT2D eigenvalue weighted by molar-refractivity contribution is -0.132. The summed E-state index contributed by atoms with van der Waals surface area (Å²) in [6.45, 7) is 6.55. The summed E-state index contributed by atoms with van der Waals surface area (Å²) in [5.74, 6) is -3.44. The summed E-state index contributed by atoms with van der Waals surface area (Å²) in [6, 6.07) is 10.1. The molecule has 1 aliphatic heterocycles. The molecule has 3 rings (SSSR count). The lowest BCUT2D eigenvalue weighted by Crippen LogP contribution is -2.49. The Balaban J connectivity index is 1.51. The number of ether oxygens (including phenoxy) is 1. The van der Waals surface area contributed by atoms with E-state index in [2.05, 4.69) is 10.0 Å². The van der Waals surface area contributed by atoms with E-state index in [9.17, 15) is 27.0 Å². The highest BCUT2D eigenvalue weighted by Crippen LogP contribution is 2.26. The molecule has 11 heteroatoms. The van der Waals surface area contributed by atoms with Crippen LogP contribution in [0.25, 0.3) is 0 Å². The molecule has 2 N–H and O–H groups in total. The highest BCUT2D eigenvalue weighted by molar-refractivity contribution is 7.84. The maximum Gasteiger partial charge on any atom is 0.407 e. The molecule has 0 bridgehead atoms. The van der Waals surface area contributed by atoms with Gasteiger partial charge in [0.15, 0.2) is 11.6 Å². The molecule has 2 amide bonds. The van der Waals surface area contributed by atoms with Gasteiger partial charge in [0.25, 0.3) is 0 Å². The molecule has 0 spiro atoms. The van der Waals surface area contributed by atoms with Gasteiger partial charge in [0.1, 0.15) is 12.4 Å². The number of hydrogen-bond donors (Lipinski definition) is 2. The second-order valence-corrected chi connectivity index (χ2v) is 12.6. The van der Waals surface area contributed by atoms with E-state index in [1.165, 1.54) is 0 Å². The second kappa shape index (κ2) is 13.9. The molecule has 7 nitrogen and oxygen atoms in total. The van der Waals surface area contributed by atoms with E-state index >= 15 is 0 Å². The van der Waals surface area contributed by atoms with Crippen molar-refractivity contribution in [2.45, 2.75) is 63.9 Å². The number of rotatable bonds is 10. The van der Waals surface area contributed by atoms with E-state index in [1.54, 1.807) is 25.7 Å². The summed E-state index contributed by atoms with van der Waals surface area (Å²) in [6.07, 6.45) is 0.653. The molecule has 1 aliphatic rings. The third-order valence-corrected chi connectivity index (χ3v) is 8.26. The number of halogens is 3. The zero-order chi connectivity index (χ0) is 28.6. The molecule has 1 saturated heterocycles. The molecule has 1 fully saturated rings. The van der Waals surface area contributed by atoms with Crippen molar-refractivity contribution in [3.8, 4) is 0 Å². The zero-order valence-corrected chi connectivity index (χ0v) is 23.3. The molecule has 214 valence electrons. The summed E-state index contributed by atoms with van der Waals surface area (Å²) in [7, 11) is -1.47. The predicted octanol–water partition coefficient (Wildman–Crippen LogP) is 4.62. The van der Waals surface area contributed by atoms with Crippen molar-refractivity contribution >= 4 is 23.0 Å². The Hall–Kier alpha value is -2.92. The third-order valence-electron chi connectivity index (χ3n) is 6.63. The van der Waals surface area contributed by atoms with Crippen LogP contribution in [-0.2, 0) is 33.5 Å². The van der Waals surface area contributed by atoms with E-state index in [0.29, 0.717) is 32.0 Å². The molecule has 1 heterocycles. The fraction of sp³-hybridized carbons (Fsp3) is 0.500. The fourth-order valence-corrected chi connectivity index (χ4v) is 5.24. The third kappa shape index (κ3) is 9.35. The average Bonchev–Trinajstić information content (AvgIpc) is 2.90. The normalized spacial score (nSPS) is 16.0. The number of benzene rings is 2. The minimum Gasteiger partial charge on any atom is -0.445 e. The molecular formula is C28H36F3N3O4S. The number of nitrogens with zero attached hydrogens (tertiary/aromatic N) is 1. The topological polar surface area (TPSA) is 87.7 Å². The largest absolute Gasteiger partial charge is 0.445 e. The van der Waals surface area contributed by atoms with Crippen molar-refractivity contribution in [1.29, 1.82) is 0 Å². The van der Waals surface area contributed by atoms with E-state index < -0.39 is 45.3 Å². The van der Waals surface area contributed by atoms with Gasteiger partial charge in [-0.3, -0.25) is 4.79 Å². The number of hydrogen-bond acceptors (Lipinski definition) is 4. The van der Waals surface area contributed by atoms with Crippen molar-refractivity contribution in [2.24, 2.45) is 5.92 Å². The highest BCUT2D eigenvalue weighted by atomic mass is 32.2. The monoisotopic (exact) mass is 567 g/mol. The molecule has 39 heavy (non-hydrogen) atoms. The van der Waals surface area contributed by atoms with Crippen LogP contribution in [0.3, 0.4) is 0 Å². The van der Waals surface area contributed by atoms with Gasteiger partial charge in [-0.05, 0) is 63.1 Å². The summed E-state index contributed by atoms with van der Waals surface area (Å²) in [4.78, 5) is 26.3. The van der Waals surface area contributed by atoms with E-state index in [4.69, 9.17) is 4.74 Å². The van der Waals surface area contributed by atoms with Crippen LogP contribution in [0.2, 0.25) is 0 Å².